The van der Waals surface area contributed by atoms with Crippen LogP contribution in [0, 0.1) is 5.92 Å². The summed E-state index contributed by atoms with van der Waals surface area (Å²) in [7, 11) is 0. The number of anilines is 1. The van der Waals surface area contributed by atoms with Crippen molar-refractivity contribution in [1.29, 1.82) is 0 Å². The van der Waals surface area contributed by atoms with Crippen LogP contribution in [0.1, 0.15) is 19.3 Å². The van der Waals surface area contributed by atoms with Gasteiger partial charge in [0.05, 0.1) is 11.0 Å². The number of aromatic nitrogens is 2. The number of benzene rings is 2. The predicted molar refractivity (Wildman–Crippen MR) is 87.5 cm³/mol. The van der Waals surface area contributed by atoms with Crippen LogP contribution >= 0.6 is 0 Å². The van der Waals surface area contributed by atoms with Crippen molar-refractivity contribution in [3.05, 3.63) is 48.5 Å². The normalized spacial score (nSPS) is 14.7. The Morgan fingerprint density at radius 1 is 1.14 bits per heavy atom. The van der Waals surface area contributed by atoms with Crippen molar-refractivity contribution in [3.8, 4) is 11.4 Å². The van der Waals surface area contributed by atoms with Crippen molar-refractivity contribution >= 4 is 22.6 Å². The molecule has 4 heteroatoms. The molecule has 0 spiro atoms. The molecule has 0 atom stereocenters. The van der Waals surface area contributed by atoms with Crippen LogP contribution in [-0.4, -0.2) is 15.9 Å². The molecule has 2 N–H and O–H groups in total. The highest BCUT2D eigenvalue weighted by atomic mass is 16.1. The highest BCUT2D eigenvalue weighted by Crippen LogP contribution is 2.28. The van der Waals surface area contributed by atoms with E-state index in [1.54, 1.807) is 0 Å². The highest BCUT2D eigenvalue weighted by molar-refractivity contribution is 5.93. The number of rotatable bonds is 3. The van der Waals surface area contributed by atoms with Gasteiger partial charge in [-0.05, 0) is 37.1 Å². The zero-order chi connectivity index (χ0) is 14.9. The summed E-state index contributed by atoms with van der Waals surface area (Å²) in [5.74, 6) is 1.14. The van der Waals surface area contributed by atoms with E-state index in [1.807, 2.05) is 48.5 Å². The van der Waals surface area contributed by atoms with Crippen molar-refractivity contribution < 1.29 is 4.79 Å². The molecule has 0 unspecified atom stereocenters. The standard InChI is InChI=1S/C18H17N3O/c22-18(12-5-3-6-12)19-14-8-4-7-13(11-14)17-20-15-9-1-2-10-16(15)21-17/h1-2,4,7-12H,3,5-6H2,(H,19,22)(H,20,21). The smallest absolute Gasteiger partial charge is 0.227 e. The van der Waals surface area contributed by atoms with Gasteiger partial charge in [-0.25, -0.2) is 4.98 Å². The quantitative estimate of drug-likeness (QED) is 0.767. The van der Waals surface area contributed by atoms with Gasteiger partial charge in [0.15, 0.2) is 0 Å². The number of fused-ring (bicyclic) bond motifs is 1. The number of aromatic amines is 1. The molecule has 2 aromatic carbocycles. The van der Waals surface area contributed by atoms with Gasteiger partial charge in [-0.15, -0.1) is 0 Å². The molecule has 0 bridgehead atoms. The number of hydrogen-bond donors (Lipinski definition) is 2. The van der Waals surface area contributed by atoms with Crippen molar-refractivity contribution in [2.45, 2.75) is 19.3 Å². The Bertz CT molecular complexity index is 800. The first kappa shape index (κ1) is 13.1. The maximum atomic E-state index is 12.0. The number of carbonyl (C=O) groups excluding carboxylic acids is 1. The second-order valence-corrected chi connectivity index (χ2v) is 5.80. The first-order valence-corrected chi connectivity index (χ1v) is 7.66. The zero-order valence-corrected chi connectivity index (χ0v) is 12.2. The first-order chi connectivity index (χ1) is 10.8. The second-order valence-electron chi connectivity index (χ2n) is 5.80. The fourth-order valence-electron chi connectivity index (χ4n) is 2.75. The topological polar surface area (TPSA) is 57.8 Å². The lowest BCUT2D eigenvalue weighted by molar-refractivity contribution is -0.122. The summed E-state index contributed by atoms with van der Waals surface area (Å²) in [4.78, 5) is 20.0. The molecule has 0 saturated heterocycles. The molecule has 1 fully saturated rings. The van der Waals surface area contributed by atoms with Gasteiger partial charge in [0.1, 0.15) is 5.82 Å². The van der Waals surface area contributed by atoms with E-state index < -0.39 is 0 Å². The Morgan fingerprint density at radius 3 is 2.77 bits per heavy atom. The molecule has 0 radical (unpaired) electrons. The fraction of sp³-hybridized carbons (Fsp3) is 0.222. The van der Waals surface area contributed by atoms with Gasteiger partial charge in [-0.3, -0.25) is 4.79 Å². The molecule has 1 amide bonds. The summed E-state index contributed by atoms with van der Waals surface area (Å²) in [6.07, 6.45) is 3.18. The lowest BCUT2D eigenvalue weighted by atomic mass is 9.85. The molecule has 0 aliphatic heterocycles. The number of imidazole rings is 1. The van der Waals surface area contributed by atoms with E-state index in [-0.39, 0.29) is 11.8 Å². The van der Waals surface area contributed by atoms with Crippen molar-refractivity contribution in [2.75, 3.05) is 5.32 Å². The van der Waals surface area contributed by atoms with Crippen LogP contribution in [0.15, 0.2) is 48.5 Å². The Balaban J connectivity index is 1.61. The van der Waals surface area contributed by atoms with E-state index in [0.717, 1.165) is 47.4 Å². The molecule has 4 rings (SSSR count). The van der Waals surface area contributed by atoms with Gasteiger partial charge in [0.25, 0.3) is 0 Å². The maximum absolute atomic E-state index is 12.0. The lowest BCUT2D eigenvalue weighted by Crippen LogP contribution is -2.27. The number of amides is 1. The van der Waals surface area contributed by atoms with Crippen LogP contribution in [0.4, 0.5) is 5.69 Å². The Hall–Kier alpha value is -2.62. The van der Waals surface area contributed by atoms with E-state index in [4.69, 9.17) is 0 Å². The molecule has 3 aromatic rings. The average Bonchev–Trinajstić information content (AvgIpc) is 2.89. The predicted octanol–water partition coefficient (Wildman–Crippen LogP) is 3.97. The summed E-state index contributed by atoms with van der Waals surface area (Å²) in [5.41, 5.74) is 3.76. The third-order valence-electron chi connectivity index (χ3n) is 4.27. The number of nitrogens with one attached hydrogen (secondary N) is 2. The summed E-state index contributed by atoms with van der Waals surface area (Å²) in [5, 5.41) is 3.01. The summed E-state index contributed by atoms with van der Waals surface area (Å²) in [6.45, 7) is 0. The molecule has 1 saturated carbocycles. The molecular weight excluding hydrogens is 274 g/mol. The largest absolute Gasteiger partial charge is 0.338 e. The zero-order valence-electron chi connectivity index (χ0n) is 12.2. The molecule has 1 aliphatic carbocycles. The van der Waals surface area contributed by atoms with Crippen LogP contribution in [0.2, 0.25) is 0 Å². The number of nitrogens with zero attached hydrogens (tertiary/aromatic N) is 1. The Morgan fingerprint density at radius 2 is 2.00 bits per heavy atom. The van der Waals surface area contributed by atoms with Gasteiger partial charge >= 0.3 is 0 Å². The number of H-pyrrole nitrogens is 1. The van der Waals surface area contributed by atoms with Crippen LogP contribution in [0.5, 0.6) is 0 Å². The van der Waals surface area contributed by atoms with Crippen LogP contribution in [0.25, 0.3) is 22.4 Å². The van der Waals surface area contributed by atoms with Gasteiger partial charge in [-0.1, -0.05) is 30.7 Å². The van der Waals surface area contributed by atoms with Crippen molar-refractivity contribution in [1.82, 2.24) is 9.97 Å². The molecule has 1 aromatic heterocycles. The third kappa shape index (κ3) is 2.37. The molecule has 1 aliphatic rings. The fourth-order valence-corrected chi connectivity index (χ4v) is 2.75. The molecule has 1 heterocycles. The van der Waals surface area contributed by atoms with E-state index in [0.29, 0.717) is 0 Å². The minimum absolute atomic E-state index is 0.132. The monoisotopic (exact) mass is 291 g/mol. The minimum Gasteiger partial charge on any atom is -0.338 e. The SMILES string of the molecule is O=C(Nc1cccc(-c2nc3ccccc3[nH]2)c1)C1CCC1. The second kappa shape index (κ2) is 5.30. The molecule has 22 heavy (non-hydrogen) atoms. The van der Waals surface area contributed by atoms with E-state index in [9.17, 15) is 4.79 Å². The van der Waals surface area contributed by atoms with Crippen molar-refractivity contribution in [2.24, 2.45) is 5.92 Å². The van der Waals surface area contributed by atoms with Gasteiger partial charge < -0.3 is 10.3 Å². The number of hydrogen-bond acceptors (Lipinski definition) is 2. The average molecular weight is 291 g/mol. The van der Waals surface area contributed by atoms with E-state index in [2.05, 4.69) is 15.3 Å². The summed E-state index contributed by atoms with van der Waals surface area (Å²) in [6, 6.07) is 15.8. The third-order valence-corrected chi connectivity index (χ3v) is 4.27. The van der Waals surface area contributed by atoms with E-state index in [1.165, 1.54) is 0 Å². The Labute approximate surface area is 128 Å². The Kier molecular flexibility index (Phi) is 3.15. The summed E-state index contributed by atoms with van der Waals surface area (Å²) < 4.78 is 0. The minimum atomic E-state index is 0.132. The van der Waals surface area contributed by atoms with Crippen LogP contribution in [-0.2, 0) is 4.79 Å². The number of carbonyl (C=O) groups is 1. The van der Waals surface area contributed by atoms with Gasteiger partial charge in [0.2, 0.25) is 5.91 Å². The van der Waals surface area contributed by atoms with Gasteiger partial charge in [0, 0.05) is 17.2 Å². The van der Waals surface area contributed by atoms with E-state index >= 15 is 0 Å². The lowest BCUT2D eigenvalue weighted by Gasteiger charge is -2.24. The van der Waals surface area contributed by atoms with Crippen LogP contribution < -0.4 is 5.32 Å². The molecular formula is C18H17N3O. The summed E-state index contributed by atoms with van der Waals surface area (Å²) >= 11 is 0. The molecule has 110 valence electrons. The molecule has 4 nitrogen and oxygen atoms in total. The maximum Gasteiger partial charge on any atom is 0.227 e. The highest BCUT2D eigenvalue weighted by Gasteiger charge is 2.25. The van der Waals surface area contributed by atoms with Gasteiger partial charge in [-0.2, -0.15) is 0 Å². The number of para-hydroxylation sites is 2. The van der Waals surface area contributed by atoms with Crippen molar-refractivity contribution in [3.63, 3.8) is 0 Å². The van der Waals surface area contributed by atoms with Crippen LogP contribution in [0.3, 0.4) is 0 Å². The first-order valence-electron chi connectivity index (χ1n) is 7.66.